The molecule has 2 nitrogen and oxygen atoms in total. The van der Waals surface area contributed by atoms with Crippen molar-refractivity contribution in [3.8, 4) is 0 Å². The fourth-order valence-corrected chi connectivity index (χ4v) is 2.04. The smallest absolute Gasteiger partial charge is 0.194 e. The highest BCUT2D eigenvalue weighted by atomic mass is 32.2. The van der Waals surface area contributed by atoms with E-state index in [1.807, 2.05) is 27.7 Å². The predicted molar refractivity (Wildman–Crippen MR) is 62.4 cm³/mol. The summed E-state index contributed by atoms with van der Waals surface area (Å²) in [6.45, 7) is 9.84. The molecule has 0 heterocycles. The summed E-state index contributed by atoms with van der Waals surface area (Å²) < 4.78 is -0.0583. The van der Waals surface area contributed by atoms with Crippen molar-refractivity contribution >= 4 is 16.9 Å². The molecule has 3 heteroatoms. The SMILES string of the molecule is CCC[C@H](O)[C@H](C)C(=O)SC(C)(C)C. The molecule has 0 saturated carbocycles. The summed E-state index contributed by atoms with van der Waals surface area (Å²) in [5, 5.41) is 9.75. The van der Waals surface area contributed by atoms with Crippen molar-refractivity contribution in [1.82, 2.24) is 0 Å². The molecule has 0 rings (SSSR count). The van der Waals surface area contributed by atoms with Gasteiger partial charge in [0.15, 0.2) is 5.12 Å². The molecular formula is C11H22O2S. The van der Waals surface area contributed by atoms with Crippen LogP contribution in [0.15, 0.2) is 0 Å². The van der Waals surface area contributed by atoms with Gasteiger partial charge in [-0.3, -0.25) is 4.79 Å². The van der Waals surface area contributed by atoms with Crippen LogP contribution in [0, 0.1) is 5.92 Å². The Morgan fingerprint density at radius 2 is 1.93 bits per heavy atom. The first kappa shape index (κ1) is 14.0. The van der Waals surface area contributed by atoms with Gasteiger partial charge in [0.1, 0.15) is 0 Å². The molecule has 2 atom stereocenters. The normalized spacial score (nSPS) is 16.4. The number of aliphatic hydroxyl groups is 1. The second kappa shape index (κ2) is 5.76. The van der Waals surface area contributed by atoms with Crippen LogP contribution in [0.25, 0.3) is 0 Å². The molecule has 0 unspecified atom stereocenters. The van der Waals surface area contributed by atoms with Crippen molar-refractivity contribution in [3.63, 3.8) is 0 Å². The lowest BCUT2D eigenvalue weighted by molar-refractivity contribution is -0.117. The molecule has 0 spiro atoms. The minimum absolute atomic E-state index is 0.0583. The molecule has 0 radical (unpaired) electrons. The summed E-state index contributed by atoms with van der Waals surface area (Å²) in [5.41, 5.74) is 0. The highest BCUT2D eigenvalue weighted by molar-refractivity contribution is 8.14. The fraction of sp³-hybridized carbons (Fsp3) is 0.909. The van der Waals surface area contributed by atoms with Crippen molar-refractivity contribution in [1.29, 1.82) is 0 Å². The van der Waals surface area contributed by atoms with E-state index in [9.17, 15) is 9.90 Å². The monoisotopic (exact) mass is 218 g/mol. The van der Waals surface area contributed by atoms with E-state index in [2.05, 4.69) is 0 Å². The van der Waals surface area contributed by atoms with Crippen LogP contribution in [0.3, 0.4) is 0 Å². The molecule has 0 aliphatic heterocycles. The van der Waals surface area contributed by atoms with E-state index in [1.165, 1.54) is 11.8 Å². The van der Waals surface area contributed by atoms with Gasteiger partial charge in [0.05, 0.1) is 12.0 Å². The number of thioether (sulfide) groups is 1. The quantitative estimate of drug-likeness (QED) is 0.788. The Bertz CT molecular complexity index is 184. The minimum atomic E-state index is -0.484. The van der Waals surface area contributed by atoms with Gasteiger partial charge in [0, 0.05) is 4.75 Å². The van der Waals surface area contributed by atoms with Crippen LogP contribution in [-0.4, -0.2) is 21.1 Å². The lowest BCUT2D eigenvalue weighted by Gasteiger charge is -2.22. The van der Waals surface area contributed by atoms with Gasteiger partial charge < -0.3 is 5.11 Å². The lowest BCUT2D eigenvalue weighted by atomic mass is 10.0. The summed E-state index contributed by atoms with van der Waals surface area (Å²) in [5.74, 6) is -0.251. The first-order chi connectivity index (χ1) is 6.28. The highest BCUT2D eigenvalue weighted by Gasteiger charge is 2.25. The largest absolute Gasteiger partial charge is 0.392 e. The fourth-order valence-electron chi connectivity index (χ4n) is 1.10. The van der Waals surface area contributed by atoms with Crippen LogP contribution in [0.4, 0.5) is 0 Å². The van der Waals surface area contributed by atoms with Gasteiger partial charge in [-0.2, -0.15) is 0 Å². The van der Waals surface area contributed by atoms with Crippen molar-refractivity contribution in [2.45, 2.75) is 58.3 Å². The maximum absolute atomic E-state index is 11.7. The second-order valence-electron chi connectivity index (χ2n) is 4.68. The second-order valence-corrected chi connectivity index (χ2v) is 6.51. The molecule has 0 aromatic heterocycles. The lowest BCUT2D eigenvalue weighted by Crippen LogP contribution is -2.26. The van der Waals surface area contributed by atoms with Crippen LogP contribution in [0.1, 0.15) is 47.5 Å². The number of rotatable bonds is 4. The number of carbonyl (C=O) groups excluding carboxylic acids is 1. The zero-order valence-electron chi connectivity index (χ0n) is 9.83. The van der Waals surface area contributed by atoms with Crippen LogP contribution in [0.5, 0.6) is 0 Å². The van der Waals surface area contributed by atoms with Crippen LogP contribution >= 0.6 is 11.8 Å². The van der Waals surface area contributed by atoms with Gasteiger partial charge in [-0.15, -0.1) is 0 Å². The molecule has 0 aromatic carbocycles. The van der Waals surface area contributed by atoms with E-state index in [4.69, 9.17) is 0 Å². The Morgan fingerprint density at radius 3 is 2.29 bits per heavy atom. The van der Waals surface area contributed by atoms with Gasteiger partial charge in [-0.25, -0.2) is 0 Å². The van der Waals surface area contributed by atoms with Crippen molar-refractivity contribution in [2.75, 3.05) is 0 Å². The van der Waals surface area contributed by atoms with Crippen molar-refractivity contribution in [2.24, 2.45) is 5.92 Å². The van der Waals surface area contributed by atoms with Crippen LogP contribution < -0.4 is 0 Å². The Labute approximate surface area is 91.5 Å². The molecule has 1 N–H and O–H groups in total. The third kappa shape index (κ3) is 5.66. The Kier molecular flexibility index (Phi) is 5.75. The summed E-state index contributed by atoms with van der Waals surface area (Å²) >= 11 is 1.32. The van der Waals surface area contributed by atoms with Crippen molar-refractivity contribution in [3.05, 3.63) is 0 Å². The first-order valence-corrected chi connectivity index (χ1v) is 6.00. The van der Waals surface area contributed by atoms with E-state index in [-0.39, 0.29) is 15.8 Å². The third-order valence-corrected chi connectivity index (χ3v) is 3.13. The first-order valence-electron chi connectivity index (χ1n) is 5.19. The van der Waals surface area contributed by atoms with E-state index in [0.29, 0.717) is 6.42 Å². The molecule has 0 aromatic rings. The summed E-state index contributed by atoms with van der Waals surface area (Å²) in [6, 6.07) is 0. The van der Waals surface area contributed by atoms with E-state index in [0.717, 1.165) is 6.42 Å². The summed E-state index contributed by atoms with van der Waals surface area (Å²) in [4.78, 5) is 11.7. The third-order valence-electron chi connectivity index (χ3n) is 1.94. The molecule has 0 aliphatic rings. The molecule has 0 amide bonds. The van der Waals surface area contributed by atoms with Crippen LogP contribution in [0.2, 0.25) is 0 Å². The Hall–Kier alpha value is -0.0200. The molecule has 0 aliphatic carbocycles. The highest BCUT2D eigenvalue weighted by Crippen LogP contribution is 2.28. The molecular weight excluding hydrogens is 196 g/mol. The summed E-state index contributed by atoms with van der Waals surface area (Å²) in [6.07, 6.45) is 1.14. The van der Waals surface area contributed by atoms with Gasteiger partial charge in [-0.1, -0.05) is 52.8 Å². The average Bonchev–Trinajstić information content (AvgIpc) is 2.00. The van der Waals surface area contributed by atoms with Gasteiger partial charge in [0.2, 0.25) is 0 Å². The Balaban J connectivity index is 4.12. The molecule has 0 bridgehead atoms. The zero-order chi connectivity index (χ0) is 11.4. The van der Waals surface area contributed by atoms with Crippen LogP contribution in [-0.2, 0) is 4.79 Å². The molecule has 0 fully saturated rings. The van der Waals surface area contributed by atoms with Gasteiger partial charge in [0.25, 0.3) is 0 Å². The maximum atomic E-state index is 11.7. The topological polar surface area (TPSA) is 37.3 Å². The van der Waals surface area contributed by atoms with E-state index >= 15 is 0 Å². The maximum Gasteiger partial charge on any atom is 0.194 e. The average molecular weight is 218 g/mol. The zero-order valence-corrected chi connectivity index (χ0v) is 10.6. The number of aliphatic hydroxyl groups excluding tert-OH is 1. The number of carbonyl (C=O) groups is 1. The van der Waals surface area contributed by atoms with Crippen molar-refractivity contribution < 1.29 is 9.90 Å². The minimum Gasteiger partial charge on any atom is -0.392 e. The Morgan fingerprint density at radius 1 is 1.43 bits per heavy atom. The number of hydrogen-bond donors (Lipinski definition) is 1. The van der Waals surface area contributed by atoms with Gasteiger partial charge in [-0.05, 0) is 6.42 Å². The van der Waals surface area contributed by atoms with Gasteiger partial charge >= 0.3 is 0 Å². The summed E-state index contributed by atoms with van der Waals surface area (Å²) in [7, 11) is 0. The number of hydrogen-bond acceptors (Lipinski definition) is 3. The van der Waals surface area contributed by atoms with E-state index < -0.39 is 6.10 Å². The molecule has 84 valence electrons. The molecule has 14 heavy (non-hydrogen) atoms. The molecule has 0 saturated heterocycles. The standard InChI is InChI=1S/C11H22O2S/c1-6-7-9(12)8(2)10(13)14-11(3,4)5/h8-9,12H,6-7H2,1-5H3/t8-,9-/m0/s1. The van der Waals surface area contributed by atoms with E-state index in [1.54, 1.807) is 6.92 Å². The predicted octanol–water partition coefficient (Wildman–Crippen LogP) is 2.84.